The van der Waals surface area contributed by atoms with Crippen molar-refractivity contribution in [2.24, 2.45) is 0 Å². The number of carboxylic acids is 1. The van der Waals surface area contributed by atoms with Crippen LogP contribution in [0.25, 0.3) is 0 Å². The molecule has 0 bridgehead atoms. The van der Waals surface area contributed by atoms with Crippen LogP contribution in [-0.2, 0) is 34.3 Å². The monoisotopic (exact) mass is 439 g/mol. The predicted octanol–water partition coefficient (Wildman–Crippen LogP) is -1.79. The van der Waals surface area contributed by atoms with Crippen LogP contribution in [-0.4, -0.2) is 89.1 Å². The van der Waals surface area contributed by atoms with E-state index in [1.165, 1.54) is 11.8 Å². The first-order valence-corrected chi connectivity index (χ1v) is 10.2. The van der Waals surface area contributed by atoms with Crippen LogP contribution < -0.4 is 10.6 Å². The topological polar surface area (TPSA) is 200 Å². The van der Waals surface area contributed by atoms with Crippen LogP contribution in [0, 0.1) is 0 Å². The number of ether oxygens (including phenoxy) is 1. The van der Waals surface area contributed by atoms with Gasteiger partial charge < -0.3 is 20.5 Å². The second-order valence-electron chi connectivity index (χ2n) is 6.59. The van der Waals surface area contributed by atoms with Crippen LogP contribution in [0.3, 0.4) is 0 Å². The third-order valence-electron chi connectivity index (χ3n) is 4.26. The molecule has 0 spiro atoms. The molecule has 13 nitrogen and oxygen atoms in total. The molecule has 1 amide bonds. The van der Waals surface area contributed by atoms with Crippen LogP contribution in [0.2, 0.25) is 0 Å². The fourth-order valence-electron chi connectivity index (χ4n) is 2.99. The number of rotatable bonds is 6. The van der Waals surface area contributed by atoms with Crippen molar-refractivity contribution in [3.05, 3.63) is 0 Å². The largest absolute Gasteiger partial charge is 0.480 e. The number of hydrogen-bond donors (Lipinski definition) is 5. The lowest BCUT2D eigenvalue weighted by molar-refractivity contribution is -0.164. The molecule has 0 aromatic carbocycles. The zero-order chi connectivity index (χ0) is 22.2. The Balaban J connectivity index is 0.000000749. The van der Waals surface area contributed by atoms with Crippen molar-refractivity contribution < 1.29 is 46.5 Å². The number of hydrogen-bond acceptors (Lipinski definition) is 9. The summed E-state index contributed by atoms with van der Waals surface area (Å²) in [4.78, 5) is 48.3. The summed E-state index contributed by atoms with van der Waals surface area (Å²) < 4.78 is 36.4. The maximum atomic E-state index is 12.1. The van der Waals surface area contributed by atoms with Crippen molar-refractivity contribution in [1.29, 1.82) is 0 Å². The molecule has 2 fully saturated rings. The van der Waals surface area contributed by atoms with Gasteiger partial charge in [-0.2, -0.15) is 8.42 Å². The van der Waals surface area contributed by atoms with Gasteiger partial charge in [-0.15, -0.1) is 0 Å². The van der Waals surface area contributed by atoms with E-state index in [2.05, 4.69) is 10.6 Å². The third kappa shape index (κ3) is 9.76. The summed E-state index contributed by atoms with van der Waals surface area (Å²) in [6.07, 6.45) is 2.72. The molecule has 166 valence electrons. The molecule has 0 saturated carbocycles. The van der Waals surface area contributed by atoms with E-state index < -0.39 is 40.4 Å². The van der Waals surface area contributed by atoms with E-state index in [0.29, 0.717) is 25.8 Å². The van der Waals surface area contributed by atoms with Gasteiger partial charge in [0, 0.05) is 0 Å². The minimum absolute atomic E-state index is 0.270. The number of aliphatic carboxylic acids is 1. The lowest BCUT2D eigenvalue weighted by atomic mass is 10.2. The Hall–Kier alpha value is -2.13. The van der Waals surface area contributed by atoms with E-state index in [-0.39, 0.29) is 18.5 Å². The molecule has 2 saturated heterocycles. The molecular weight excluding hydrogens is 414 g/mol. The van der Waals surface area contributed by atoms with Crippen molar-refractivity contribution in [2.45, 2.75) is 50.7 Å². The number of amides is 1. The van der Waals surface area contributed by atoms with E-state index in [0.717, 1.165) is 13.0 Å². The summed E-state index contributed by atoms with van der Waals surface area (Å²) in [5.74, 6) is -2.93. The quantitative estimate of drug-likeness (QED) is 0.177. The average Bonchev–Trinajstić information content (AvgIpc) is 3.23. The van der Waals surface area contributed by atoms with E-state index >= 15 is 0 Å². The number of carboxylic acid groups (broad SMARTS) is 1. The van der Waals surface area contributed by atoms with Gasteiger partial charge in [0.15, 0.2) is 0 Å². The van der Waals surface area contributed by atoms with Gasteiger partial charge in [-0.05, 0) is 45.7 Å². The molecule has 2 heterocycles. The summed E-state index contributed by atoms with van der Waals surface area (Å²) in [7, 11) is -4.67. The Morgan fingerprint density at radius 2 is 1.83 bits per heavy atom. The fourth-order valence-corrected chi connectivity index (χ4v) is 2.99. The van der Waals surface area contributed by atoms with Crippen molar-refractivity contribution in [3.8, 4) is 0 Å². The number of carbonyl (C=O) groups excluding carboxylic acids is 3. The van der Waals surface area contributed by atoms with Crippen molar-refractivity contribution in [1.82, 2.24) is 15.5 Å². The van der Waals surface area contributed by atoms with Gasteiger partial charge in [0.25, 0.3) is 0 Å². The first-order valence-electron chi connectivity index (χ1n) is 8.83. The number of nitrogens with one attached hydrogen (secondary N) is 2. The molecule has 0 aliphatic carbocycles. The Morgan fingerprint density at radius 1 is 1.21 bits per heavy atom. The van der Waals surface area contributed by atoms with Gasteiger partial charge in [0.05, 0.1) is 12.6 Å². The zero-order valence-corrected chi connectivity index (χ0v) is 16.6. The molecule has 0 unspecified atom stereocenters. The molecule has 2 aliphatic rings. The van der Waals surface area contributed by atoms with E-state index in [1.54, 1.807) is 0 Å². The zero-order valence-electron chi connectivity index (χ0n) is 15.7. The summed E-state index contributed by atoms with van der Waals surface area (Å²) in [6.45, 7) is 2.41. The molecule has 3 atom stereocenters. The summed E-state index contributed by atoms with van der Waals surface area (Å²) in [6, 6.07) is -2.00. The number of likely N-dealkylation sites (tertiary alicyclic amines) is 1. The first kappa shape index (κ1) is 24.9. The van der Waals surface area contributed by atoms with Crippen LogP contribution in [0.4, 0.5) is 0 Å². The van der Waals surface area contributed by atoms with E-state index in [1.807, 2.05) is 0 Å². The minimum Gasteiger partial charge on any atom is -0.480 e. The van der Waals surface area contributed by atoms with Gasteiger partial charge in [0.1, 0.15) is 12.1 Å². The molecule has 2 aliphatic heterocycles. The van der Waals surface area contributed by atoms with Crippen molar-refractivity contribution in [3.63, 3.8) is 0 Å². The molecular formula is C15H25N3O10S. The fraction of sp³-hybridized carbons (Fsp3) is 0.733. The standard InChI is InChI=1S/C15H23N3O6.H2O4S/c1-9(17-13(21)10-4-2-6-16-10)14(22)24-15(23)11-5-3-7-18(11)8-12(19)20;1-5(2,3)4/h9-11,16H,2-8H2,1H3,(H,17,21)(H,19,20);(H2,1,2,3,4)/t9-,10-,11-;/m0./s1. The van der Waals surface area contributed by atoms with E-state index in [4.69, 9.17) is 27.4 Å². The first-order chi connectivity index (χ1) is 13.4. The maximum absolute atomic E-state index is 12.1. The van der Waals surface area contributed by atoms with Crippen LogP contribution in [0.1, 0.15) is 32.6 Å². The van der Waals surface area contributed by atoms with Gasteiger partial charge >= 0.3 is 28.3 Å². The molecule has 0 aromatic heterocycles. The molecule has 14 heteroatoms. The average molecular weight is 439 g/mol. The second kappa shape index (κ2) is 11.2. The van der Waals surface area contributed by atoms with Gasteiger partial charge in [-0.3, -0.25) is 23.6 Å². The minimum atomic E-state index is -4.67. The smallest absolute Gasteiger partial charge is 0.394 e. The highest BCUT2D eigenvalue weighted by Gasteiger charge is 2.35. The molecule has 5 N–H and O–H groups in total. The number of esters is 2. The normalized spacial score (nSPS) is 22.9. The Morgan fingerprint density at radius 3 is 2.34 bits per heavy atom. The summed E-state index contributed by atoms with van der Waals surface area (Å²) in [5, 5.41) is 14.4. The highest BCUT2D eigenvalue weighted by Crippen LogP contribution is 2.18. The van der Waals surface area contributed by atoms with Crippen molar-refractivity contribution >= 4 is 34.2 Å². The van der Waals surface area contributed by atoms with Crippen LogP contribution in [0.5, 0.6) is 0 Å². The molecule has 2 rings (SSSR count). The summed E-state index contributed by atoms with van der Waals surface area (Å²) >= 11 is 0. The van der Waals surface area contributed by atoms with E-state index in [9.17, 15) is 19.2 Å². The molecule has 0 aromatic rings. The van der Waals surface area contributed by atoms with Crippen LogP contribution >= 0.6 is 0 Å². The lowest BCUT2D eigenvalue weighted by Crippen LogP contribution is -2.49. The maximum Gasteiger partial charge on any atom is 0.394 e. The van der Waals surface area contributed by atoms with Gasteiger partial charge in [0.2, 0.25) is 5.91 Å². The number of nitrogens with zero attached hydrogens (tertiary/aromatic N) is 1. The Bertz CT molecular complexity index is 712. The summed E-state index contributed by atoms with van der Waals surface area (Å²) in [5.41, 5.74) is 0. The Labute approximate surface area is 167 Å². The predicted molar refractivity (Wildman–Crippen MR) is 96.1 cm³/mol. The SMILES string of the molecule is C[C@H](NC(=O)[C@@H]1CCCN1)C(=O)OC(=O)[C@@H]1CCCN1CC(=O)O.O=S(=O)(O)O. The third-order valence-corrected chi connectivity index (χ3v) is 4.26. The highest BCUT2D eigenvalue weighted by molar-refractivity contribution is 7.79. The van der Waals surface area contributed by atoms with Crippen LogP contribution in [0.15, 0.2) is 0 Å². The second-order valence-corrected chi connectivity index (χ2v) is 7.49. The number of carbonyl (C=O) groups is 4. The molecule has 29 heavy (non-hydrogen) atoms. The highest BCUT2D eigenvalue weighted by atomic mass is 32.3. The van der Waals surface area contributed by atoms with Gasteiger partial charge in [-0.25, -0.2) is 9.59 Å². The lowest BCUT2D eigenvalue weighted by Gasteiger charge is -2.21. The Kier molecular flexibility index (Phi) is 9.58. The molecule has 0 radical (unpaired) electrons. The van der Waals surface area contributed by atoms with Crippen molar-refractivity contribution in [2.75, 3.05) is 19.6 Å². The van der Waals surface area contributed by atoms with Gasteiger partial charge in [-0.1, -0.05) is 0 Å².